The number of benzene rings is 3. The number of hydrogen-bond donors (Lipinski definition) is 3. The Morgan fingerprint density at radius 3 is 1.98 bits per heavy atom. The van der Waals surface area contributed by atoms with Crippen molar-refractivity contribution in [1.82, 2.24) is 16.0 Å². The van der Waals surface area contributed by atoms with Crippen LogP contribution in [0.1, 0.15) is 33.1 Å². The number of rotatable bonds is 8. The Labute approximate surface area is 263 Å². The SMILES string of the molecule is CS(=O)(=O)c1ccc(N2CC(NC(=O)NC(CNC(=O)c3cc(C(F)(F)F)cc(C(F)(F)F)c3)c3ccc(Cl)c(Cl)c3)C2)cc1. The first kappa shape index (κ1) is 34.2. The third-order valence-corrected chi connectivity index (χ3v) is 8.68. The zero-order chi connectivity index (χ0) is 33.3. The van der Waals surface area contributed by atoms with Gasteiger partial charge in [-0.1, -0.05) is 29.3 Å². The van der Waals surface area contributed by atoms with Gasteiger partial charge in [-0.2, -0.15) is 26.3 Å². The van der Waals surface area contributed by atoms with Crippen molar-refractivity contribution in [2.45, 2.75) is 29.3 Å². The number of sulfone groups is 1. The van der Waals surface area contributed by atoms with Crippen LogP contribution in [0.25, 0.3) is 0 Å². The molecule has 0 radical (unpaired) electrons. The Balaban J connectivity index is 1.44. The van der Waals surface area contributed by atoms with Gasteiger partial charge in [0.2, 0.25) is 0 Å². The molecule has 242 valence electrons. The number of carbonyl (C=O) groups is 2. The number of nitrogens with one attached hydrogen (secondary N) is 3. The van der Waals surface area contributed by atoms with Crippen LogP contribution < -0.4 is 20.9 Å². The van der Waals surface area contributed by atoms with Gasteiger partial charge in [0.15, 0.2) is 9.84 Å². The average Bonchev–Trinajstić information content (AvgIpc) is 2.92. The summed E-state index contributed by atoms with van der Waals surface area (Å²) in [6.45, 7) is 0.332. The van der Waals surface area contributed by atoms with E-state index in [0.717, 1.165) is 11.9 Å². The molecule has 0 spiro atoms. The van der Waals surface area contributed by atoms with Gasteiger partial charge in [0.1, 0.15) is 0 Å². The highest BCUT2D eigenvalue weighted by Crippen LogP contribution is 2.36. The molecule has 1 atom stereocenters. The summed E-state index contributed by atoms with van der Waals surface area (Å²) in [5, 5.41) is 7.91. The molecule has 3 amide bonds. The Bertz CT molecular complexity index is 1660. The molecule has 1 unspecified atom stereocenters. The van der Waals surface area contributed by atoms with Gasteiger partial charge in [-0.3, -0.25) is 4.79 Å². The van der Waals surface area contributed by atoms with Crippen LogP contribution in [0, 0.1) is 0 Å². The molecule has 4 rings (SSSR count). The third kappa shape index (κ3) is 8.73. The van der Waals surface area contributed by atoms with E-state index in [1.165, 1.54) is 30.3 Å². The Morgan fingerprint density at radius 1 is 0.889 bits per heavy atom. The van der Waals surface area contributed by atoms with Gasteiger partial charge in [0.25, 0.3) is 5.91 Å². The van der Waals surface area contributed by atoms with Crippen molar-refractivity contribution in [3.8, 4) is 0 Å². The summed E-state index contributed by atoms with van der Waals surface area (Å²) in [7, 11) is -3.36. The molecule has 1 saturated heterocycles. The normalized spacial score (nSPS) is 14.8. The summed E-state index contributed by atoms with van der Waals surface area (Å²) in [4.78, 5) is 27.7. The number of halogens is 8. The van der Waals surface area contributed by atoms with Gasteiger partial charge in [0.05, 0.1) is 38.2 Å². The quantitative estimate of drug-likeness (QED) is 0.247. The molecule has 8 nitrogen and oxygen atoms in total. The number of hydrogen-bond acceptors (Lipinski definition) is 5. The first-order valence-corrected chi connectivity index (χ1v) is 15.6. The van der Waals surface area contributed by atoms with E-state index < -0.39 is 63.4 Å². The van der Waals surface area contributed by atoms with Crippen molar-refractivity contribution in [1.29, 1.82) is 0 Å². The number of anilines is 1. The average molecular weight is 697 g/mol. The number of urea groups is 1. The third-order valence-electron chi connectivity index (χ3n) is 6.81. The van der Waals surface area contributed by atoms with Crippen LogP contribution in [0.5, 0.6) is 0 Å². The van der Waals surface area contributed by atoms with Crippen molar-refractivity contribution in [3.63, 3.8) is 0 Å². The van der Waals surface area contributed by atoms with Crippen molar-refractivity contribution < 1.29 is 44.3 Å². The van der Waals surface area contributed by atoms with Crippen molar-refractivity contribution >= 4 is 50.7 Å². The maximum Gasteiger partial charge on any atom is 0.416 e. The van der Waals surface area contributed by atoms with Crippen LogP contribution in [0.15, 0.2) is 65.6 Å². The zero-order valence-corrected chi connectivity index (χ0v) is 25.4. The number of alkyl halides is 6. The molecule has 3 N–H and O–H groups in total. The standard InChI is InChI=1S/C28H24Cl2F6N4O4S/c1-45(43,44)21-5-3-20(4-6-21)40-13-19(14-40)38-26(42)39-24(15-2-7-22(29)23(30)10-15)12-37-25(41)16-8-17(27(31,32)33)11-18(9-16)28(34,35)36/h2-11,19,24H,12-14H2,1H3,(H,37,41)(H2,38,39,42). The zero-order valence-electron chi connectivity index (χ0n) is 23.1. The lowest BCUT2D eigenvalue weighted by Crippen LogP contribution is -2.61. The van der Waals surface area contributed by atoms with Gasteiger partial charge < -0.3 is 20.9 Å². The van der Waals surface area contributed by atoms with Crippen LogP contribution in [0.2, 0.25) is 10.0 Å². The van der Waals surface area contributed by atoms with Gasteiger partial charge >= 0.3 is 18.4 Å². The molecular formula is C28H24Cl2F6N4O4S. The molecule has 17 heteroatoms. The predicted octanol–water partition coefficient (Wildman–Crippen LogP) is 6.09. The lowest BCUT2D eigenvalue weighted by Gasteiger charge is -2.41. The smallest absolute Gasteiger partial charge is 0.367 e. The molecule has 3 aromatic rings. The summed E-state index contributed by atoms with van der Waals surface area (Å²) in [5.41, 5.74) is -3.11. The summed E-state index contributed by atoms with van der Waals surface area (Å²) in [6, 6.07) is 8.96. The molecule has 45 heavy (non-hydrogen) atoms. The molecule has 3 aromatic carbocycles. The van der Waals surface area contributed by atoms with Crippen molar-refractivity contribution in [3.05, 3.63) is 93.0 Å². The summed E-state index contributed by atoms with van der Waals surface area (Å²) in [6.07, 6.45) is -9.19. The highest BCUT2D eigenvalue weighted by Gasteiger charge is 2.37. The molecule has 0 aliphatic carbocycles. The van der Waals surface area contributed by atoms with Gasteiger partial charge in [-0.05, 0) is 60.2 Å². The van der Waals surface area contributed by atoms with E-state index in [1.54, 1.807) is 12.1 Å². The molecular weight excluding hydrogens is 673 g/mol. The lowest BCUT2D eigenvalue weighted by molar-refractivity contribution is -0.143. The van der Waals surface area contributed by atoms with E-state index >= 15 is 0 Å². The van der Waals surface area contributed by atoms with E-state index in [9.17, 15) is 44.3 Å². The van der Waals surface area contributed by atoms with Crippen LogP contribution in [-0.4, -0.2) is 52.3 Å². The fraction of sp³-hybridized carbons (Fsp3) is 0.286. The second-order valence-corrected chi connectivity index (χ2v) is 13.0. The molecule has 0 saturated carbocycles. The first-order valence-electron chi connectivity index (χ1n) is 13.0. The monoisotopic (exact) mass is 696 g/mol. The molecule has 1 aliphatic rings. The first-order chi connectivity index (χ1) is 20.8. The second kappa shape index (κ2) is 13.0. The molecule has 0 aromatic heterocycles. The van der Waals surface area contributed by atoms with E-state index in [2.05, 4.69) is 16.0 Å². The van der Waals surface area contributed by atoms with Crippen LogP contribution in [0.4, 0.5) is 36.8 Å². The Hall–Kier alpha value is -3.69. The fourth-order valence-corrected chi connectivity index (χ4v) is 5.37. The summed E-state index contributed by atoms with van der Waals surface area (Å²) >= 11 is 12.1. The van der Waals surface area contributed by atoms with Crippen molar-refractivity contribution in [2.24, 2.45) is 0 Å². The summed E-state index contributed by atoms with van der Waals surface area (Å²) < 4.78 is 103. The number of amides is 3. The van der Waals surface area contributed by atoms with E-state index in [0.29, 0.717) is 30.8 Å². The molecule has 1 fully saturated rings. The topological polar surface area (TPSA) is 108 Å². The van der Waals surface area contributed by atoms with Crippen LogP contribution in [0.3, 0.4) is 0 Å². The minimum absolute atomic E-state index is 0.0899. The van der Waals surface area contributed by atoms with Gasteiger partial charge in [-0.15, -0.1) is 0 Å². The van der Waals surface area contributed by atoms with Crippen LogP contribution in [-0.2, 0) is 22.2 Å². The largest absolute Gasteiger partial charge is 0.416 e. The number of carbonyl (C=O) groups excluding carboxylic acids is 2. The molecule has 1 aliphatic heterocycles. The Morgan fingerprint density at radius 2 is 1.47 bits per heavy atom. The predicted molar refractivity (Wildman–Crippen MR) is 155 cm³/mol. The van der Waals surface area contributed by atoms with E-state index in [1.807, 2.05) is 4.90 Å². The maximum absolute atomic E-state index is 13.3. The minimum Gasteiger partial charge on any atom is -0.367 e. The number of nitrogens with zero attached hydrogens (tertiary/aromatic N) is 1. The minimum atomic E-state index is -5.14. The highest BCUT2D eigenvalue weighted by molar-refractivity contribution is 7.90. The fourth-order valence-electron chi connectivity index (χ4n) is 4.43. The molecule has 0 bridgehead atoms. The van der Waals surface area contributed by atoms with E-state index in [-0.39, 0.29) is 27.0 Å². The molecule has 1 heterocycles. The summed E-state index contributed by atoms with van der Waals surface area (Å²) in [5.74, 6) is -1.24. The van der Waals surface area contributed by atoms with Gasteiger partial charge in [0, 0.05) is 37.1 Å². The maximum atomic E-state index is 13.3. The highest BCUT2D eigenvalue weighted by atomic mass is 35.5. The van der Waals surface area contributed by atoms with Crippen molar-refractivity contribution in [2.75, 3.05) is 30.8 Å². The van der Waals surface area contributed by atoms with E-state index in [4.69, 9.17) is 23.2 Å². The lowest BCUT2D eigenvalue weighted by atomic mass is 10.0. The Kier molecular flexibility index (Phi) is 9.85. The van der Waals surface area contributed by atoms with Gasteiger partial charge in [-0.25, -0.2) is 13.2 Å². The van der Waals surface area contributed by atoms with Crippen LogP contribution >= 0.6 is 23.2 Å². The second-order valence-electron chi connectivity index (χ2n) is 10.2.